The molecule has 0 N–H and O–H groups in total. The molecule has 0 unspecified atom stereocenters. The fourth-order valence-corrected chi connectivity index (χ4v) is 4.51. The Bertz CT molecular complexity index is 826. The molecule has 2 aromatic carbocycles. The fraction of sp³-hybridized carbons (Fsp3) is 0.586. The van der Waals surface area contributed by atoms with E-state index in [0.29, 0.717) is 42.2 Å². The van der Waals surface area contributed by atoms with Gasteiger partial charge in [-0.05, 0) is 30.4 Å². The van der Waals surface area contributed by atoms with Crippen molar-refractivity contribution in [2.75, 3.05) is 13.2 Å². The van der Waals surface area contributed by atoms with Crippen LogP contribution in [0.25, 0.3) is 11.1 Å². The van der Waals surface area contributed by atoms with E-state index < -0.39 is 11.6 Å². The SMILES string of the molecule is CCCCCCCCC1COC(c2ccc(-c3ccc(CCCCC)c(F)c3F)cc2)OC1. The third kappa shape index (κ3) is 7.61. The van der Waals surface area contributed by atoms with Crippen LogP contribution in [0.5, 0.6) is 0 Å². The van der Waals surface area contributed by atoms with Crippen LogP contribution in [0.1, 0.15) is 95.5 Å². The van der Waals surface area contributed by atoms with Crippen LogP contribution in [0, 0.1) is 17.6 Å². The molecule has 1 saturated heterocycles. The van der Waals surface area contributed by atoms with Crippen molar-refractivity contribution in [3.05, 3.63) is 59.2 Å². The summed E-state index contributed by atoms with van der Waals surface area (Å²) in [5.74, 6) is -1.03. The van der Waals surface area contributed by atoms with Crippen LogP contribution in [0.3, 0.4) is 0 Å². The summed E-state index contributed by atoms with van der Waals surface area (Å²) < 4.78 is 41.2. The van der Waals surface area contributed by atoms with Crippen LogP contribution in [0.2, 0.25) is 0 Å². The van der Waals surface area contributed by atoms with Gasteiger partial charge in [0.25, 0.3) is 0 Å². The van der Waals surface area contributed by atoms with Gasteiger partial charge >= 0.3 is 0 Å². The van der Waals surface area contributed by atoms with Crippen LogP contribution < -0.4 is 0 Å². The molecule has 0 aromatic heterocycles. The molecule has 0 radical (unpaired) electrons. The number of benzene rings is 2. The van der Waals surface area contributed by atoms with Gasteiger partial charge in [0.15, 0.2) is 17.9 Å². The van der Waals surface area contributed by atoms with Crippen molar-refractivity contribution >= 4 is 0 Å². The summed E-state index contributed by atoms with van der Waals surface area (Å²) in [6.45, 7) is 5.76. The topological polar surface area (TPSA) is 18.5 Å². The predicted molar refractivity (Wildman–Crippen MR) is 131 cm³/mol. The zero-order valence-corrected chi connectivity index (χ0v) is 20.4. The van der Waals surface area contributed by atoms with Crippen LogP contribution in [-0.4, -0.2) is 13.2 Å². The van der Waals surface area contributed by atoms with Gasteiger partial charge in [-0.15, -0.1) is 0 Å². The van der Waals surface area contributed by atoms with E-state index in [0.717, 1.165) is 31.2 Å². The zero-order valence-electron chi connectivity index (χ0n) is 20.4. The van der Waals surface area contributed by atoms with E-state index in [1.165, 1.54) is 38.5 Å². The summed E-state index contributed by atoms with van der Waals surface area (Å²) in [7, 11) is 0. The molecule has 1 aliphatic rings. The van der Waals surface area contributed by atoms with Crippen molar-refractivity contribution in [3.8, 4) is 11.1 Å². The number of rotatable bonds is 13. The lowest BCUT2D eigenvalue weighted by Gasteiger charge is -2.29. The van der Waals surface area contributed by atoms with Gasteiger partial charge in [0.2, 0.25) is 0 Å². The Morgan fingerprint density at radius 2 is 1.36 bits per heavy atom. The second-order valence-corrected chi connectivity index (χ2v) is 9.40. The summed E-state index contributed by atoms with van der Waals surface area (Å²) in [6.07, 6.45) is 12.1. The van der Waals surface area contributed by atoms with Gasteiger partial charge in [-0.1, -0.05) is 102 Å². The standard InChI is InChI=1S/C29H40F2O2/c1-3-5-7-8-9-11-12-22-20-32-29(33-21-22)25-16-14-23(15-17-25)26-19-18-24(13-10-6-4-2)27(30)28(26)31/h14-19,22,29H,3-13,20-21H2,1-2H3. The molecule has 0 atom stereocenters. The van der Waals surface area contributed by atoms with Gasteiger partial charge in [-0.25, -0.2) is 8.78 Å². The number of unbranched alkanes of at least 4 members (excludes halogenated alkanes) is 7. The molecule has 2 nitrogen and oxygen atoms in total. The van der Waals surface area contributed by atoms with E-state index in [2.05, 4.69) is 13.8 Å². The number of hydrogen-bond donors (Lipinski definition) is 0. The largest absolute Gasteiger partial charge is 0.348 e. The lowest BCUT2D eigenvalue weighted by Crippen LogP contribution is -2.27. The van der Waals surface area contributed by atoms with Gasteiger partial charge in [-0.3, -0.25) is 0 Å². The highest BCUT2D eigenvalue weighted by atomic mass is 19.2. The number of ether oxygens (including phenoxy) is 2. The molecule has 2 aromatic rings. The summed E-state index contributed by atoms with van der Waals surface area (Å²) in [6, 6.07) is 10.8. The van der Waals surface area contributed by atoms with Crippen molar-refractivity contribution in [1.82, 2.24) is 0 Å². The van der Waals surface area contributed by atoms with E-state index in [9.17, 15) is 8.78 Å². The van der Waals surface area contributed by atoms with Gasteiger partial charge < -0.3 is 9.47 Å². The molecule has 1 aliphatic heterocycles. The van der Waals surface area contributed by atoms with Crippen molar-refractivity contribution < 1.29 is 18.3 Å². The molecule has 0 amide bonds. The first kappa shape index (κ1) is 25.8. The zero-order chi connectivity index (χ0) is 23.5. The van der Waals surface area contributed by atoms with Gasteiger partial charge in [-0.2, -0.15) is 0 Å². The lowest BCUT2D eigenvalue weighted by molar-refractivity contribution is -0.206. The highest BCUT2D eigenvalue weighted by molar-refractivity contribution is 5.65. The summed E-state index contributed by atoms with van der Waals surface area (Å²) in [5.41, 5.74) is 2.32. The summed E-state index contributed by atoms with van der Waals surface area (Å²) >= 11 is 0. The molecule has 33 heavy (non-hydrogen) atoms. The first-order chi connectivity index (χ1) is 16.1. The van der Waals surface area contributed by atoms with Crippen molar-refractivity contribution in [1.29, 1.82) is 0 Å². The maximum absolute atomic E-state index is 14.7. The monoisotopic (exact) mass is 458 g/mol. The van der Waals surface area contributed by atoms with E-state index in [-0.39, 0.29) is 6.29 Å². The molecule has 4 heteroatoms. The first-order valence-corrected chi connectivity index (χ1v) is 12.9. The fourth-order valence-electron chi connectivity index (χ4n) is 4.51. The van der Waals surface area contributed by atoms with E-state index in [1.807, 2.05) is 24.3 Å². The Hall–Kier alpha value is -1.78. The van der Waals surface area contributed by atoms with Crippen molar-refractivity contribution in [3.63, 3.8) is 0 Å². The van der Waals surface area contributed by atoms with Gasteiger partial charge in [0, 0.05) is 17.0 Å². The number of hydrogen-bond acceptors (Lipinski definition) is 2. The van der Waals surface area contributed by atoms with Gasteiger partial charge in [0.1, 0.15) is 0 Å². The average Bonchev–Trinajstić information content (AvgIpc) is 2.85. The minimum atomic E-state index is -0.764. The molecule has 1 fully saturated rings. The molecule has 0 spiro atoms. The van der Waals surface area contributed by atoms with Crippen LogP contribution in [0.15, 0.2) is 36.4 Å². The number of halogens is 2. The smallest absolute Gasteiger partial charge is 0.183 e. The lowest BCUT2D eigenvalue weighted by atomic mass is 9.98. The average molecular weight is 459 g/mol. The van der Waals surface area contributed by atoms with E-state index in [1.54, 1.807) is 12.1 Å². The molecule has 0 bridgehead atoms. The predicted octanol–water partition coefficient (Wildman–Crippen LogP) is 8.78. The Morgan fingerprint density at radius 3 is 2.06 bits per heavy atom. The Balaban J connectivity index is 1.50. The third-order valence-corrected chi connectivity index (χ3v) is 6.64. The Morgan fingerprint density at radius 1 is 0.727 bits per heavy atom. The normalized spacial score (nSPS) is 18.5. The second kappa shape index (κ2) is 13.8. The maximum Gasteiger partial charge on any atom is 0.183 e. The Labute approximate surface area is 198 Å². The molecule has 3 rings (SSSR count). The maximum atomic E-state index is 14.7. The molecular weight excluding hydrogens is 418 g/mol. The van der Waals surface area contributed by atoms with E-state index >= 15 is 0 Å². The molecule has 1 heterocycles. The Kier molecular flexibility index (Phi) is 10.8. The minimum Gasteiger partial charge on any atom is -0.348 e. The first-order valence-electron chi connectivity index (χ1n) is 12.9. The van der Waals surface area contributed by atoms with Crippen LogP contribution >= 0.6 is 0 Å². The molecule has 0 saturated carbocycles. The highest BCUT2D eigenvalue weighted by Crippen LogP contribution is 2.31. The van der Waals surface area contributed by atoms with Gasteiger partial charge in [0.05, 0.1) is 13.2 Å². The van der Waals surface area contributed by atoms with Crippen molar-refractivity contribution in [2.45, 2.75) is 90.8 Å². The summed E-state index contributed by atoms with van der Waals surface area (Å²) in [5, 5.41) is 0. The minimum absolute atomic E-state index is 0.294. The van der Waals surface area contributed by atoms with Crippen LogP contribution in [0.4, 0.5) is 8.78 Å². The molecule has 0 aliphatic carbocycles. The van der Waals surface area contributed by atoms with E-state index in [4.69, 9.17) is 9.47 Å². The highest BCUT2D eigenvalue weighted by Gasteiger charge is 2.23. The number of aryl methyl sites for hydroxylation is 1. The molecule has 182 valence electrons. The second-order valence-electron chi connectivity index (χ2n) is 9.40. The quantitative estimate of drug-likeness (QED) is 0.279. The third-order valence-electron chi connectivity index (χ3n) is 6.64. The summed E-state index contributed by atoms with van der Waals surface area (Å²) in [4.78, 5) is 0. The van der Waals surface area contributed by atoms with Crippen LogP contribution in [-0.2, 0) is 15.9 Å². The molecular formula is C29H40F2O2. The van der Waals surface area contributed by atoms with Crippen molar-refractivity contribution in [2.24, 2.45) is 5.92 Å².